The number of rotatable bonds is 6. The standard InChI is InChI=1S/C18H23FN4OS/c1-23(2)16(12-5-7-13(19)8-6-12)11-20-18(24)15-10-14(21-22-15)17-4-3-9-25-17/h3-9,14-16,21-22H,10-11H2,1-2H3,(H,20,24). The normalized spacial score (nSPS) is 21.4. The van der Waals surface area contributed by atoms with Crippen LogP contribution in [0, 0.1) is 5.82 Å². The predicted octanol–water partition coefficient (Wildman–Crippen LogP) is 2.21. The molecule has 3 N–H and O–H groups in total. The van der Waals surface area contributed by atoms with Crippen molar-refractivity contribution in [3.05, 3.63) is 58.0 Å². The van der Waals surface area contributed by atoms with E-state index >= 15 is 0 Å². The zero-order valence-corrected chi connectivity index (χ0v) is 15.1. The molecule has 3 atom stereocenters. The maximum atomic E-state index is 13.1. The molecule has 1 aliphatic heterocycles. The molecule has 0 aliphatic carbocycles. The topological polar surface area (TPSA) is 56.4 Å². The average Bonchev–Trinajstić information content (AvgIpc) is 3.27. The molecule has 2 heterocycles. The summed E-state index contributed by atoms with van der Waals surface area (Å²) in [4.78, 5) is 15.7. The van der Waals surface area contributed by atoms with Gasteiger partial charge in [-0.05, 0) is 49.7 Å². The Labute approximate surface area is 151 Å². The summed E-state index contributed by atoms with van der Waals surface area (Å²) in [7, 11) is 3.89. The van der Waals surface area contributed by atoms with Gasteiger partial charge in [0.05, 0.1) is 12.1 Å². The van der Waals surface area contributed by atoms with Crippen molar-refractivity contribution < 1.29 is 9.18 Å². The minimum Gasteiger partial charge on any atom is -0.353 e. The summed E-state index contributed by atoms with van der Waals surface area (Å²) >= 11 is 1.68. The van der Waals surface area contributed by atoms with Gasteiger partial charge >= 0.3 is 0 Å². The Hall–Kier alpha value is -1.80. The summed E-state index contributed by atoms with van der Waals surface area (Å²) in [6.07, 6.45) is 0.718. The third-order valence-electron chi connectivity index (χ3n) is 4.45. The zero-order chi connectivity index (χ0) is 17.8. The van der Waals surface area contributed by atoms with E-state index in [0.29, 0.717) is 6.54 Å². The fourth-order valence-corrected chi connectivity index (χ4v) is 3.80. The molecule has 3 unspecified atom stereocenters. The number of carbonyl (C=O) groups excluding carboxylic acids is 1. The second-order valence-electron chi connectivity index (χ2n) is 6.42. The van der Waals surface area contributed by atoms with Gasteiger partial charge in [0, 0.05) is 11.4 Å². The van der Waals surface area contributed by atoms with Gasteiger partial charge < -0.3 is 10.2 Å². The Morgan fingerprint density at radius 3 is 2.72 bits per heavy atom. The van der Waals surface area contributed by atoms with Crippen molar-refractivity contribution in [2.24, 2.45) is 0 Å². The molecule has 0 bridgehead atoms. The van der Waals surface area contributed by atoms with E-state index in [4.69, 9.17) is 0 Å². The van der Waals surface area contributed by atoms with E-state index in [-0.39, 0.29) is 29.8 Å². The lowest BCUT2D eigenvalue weighted by Crippen LogP contribution is -2.45. The number of likely N-dealkylation sites (N-methyl/N-ethyl adjacent to an activating group) is 1. The molecule has 2 aromatic rings. The quantitative estimate of drug-likeness (QED) is 0.738. The van der Waals surface area contributed by atoms with Crippen molar-refractivity contribution in [3.63, 3.8) is 0 Å². The SMILES string of the molecule is CN(C)C(CNC(=O)C1CC(c2cccs2)NN1)c1ccc(F)cc1. The van der Waals surface area contributed by atoms with Crippen LogP contribution in [-0.2, 0) is 4.79 Å². The molecule has 7 heteroatoms. The highest BCUT2D eigenvalue weighted by molar-refractivity contribution is 7.10. The molecular formula is C18H23FN4OS. The first-order valence-electron chi connectivity index (χ1n) is 8.28. The molecule has 0 spiro atoms. The smallest absolute Gasteiger partial charge is 0.238 e. The lowest BCUT2D eigenvalue weighted by Gasteiger charge is -2.25. The molecule has 1 fully saturated rings. The molecule has 1 aromatic heterocycles. The van der Waals surface area contributed by atoms with Crippen molar-refractivity contribution in [2.45, 2.75) is 24.5 Å². The third kappa shape index (κ3) is 4.43. The Morgan fingerprint density at radius 2 is 2.08 bits per heavy atom. The van der Waals surface area contributed by atoms with Gasteiger partial charge in [-0.15, -0.1) is 11.3 Å². The zero-order valence-electron chi connectivity index (χ0n) is 14.3. The summed E-state index contributed by atoms with van der Waals surface area (Å²) in [6, 6.07) is 10.4. The summed E-state index contributed by atoms with van der Waals surface area (Å²) in [5, 5.41) is 5.05. The summed E-state index contributed by atoms with van der Waals surface area (Å²) in [5.41, 5.74) is 7.24. The molecule has 0 saturated carbocycles. The molecule has 1 aliphatic rings. The van der Waals surface area contributed by atoms with Gasteiger partial charge in [-0.1, -0.05) is 18.2 Å². The van der Waals surface area contributed by atoms with E-state index < -0.39 is 0 Å². The molecule has 134 valence electrons. The predicted molar refractivity (Wildman–Crippen MR) is 97.6 cm³/mol. The summed E-state index contributed by atoms with van der Waals surface area (Å²) in [6.45, 7) is 0.472. The minimum atomic E-state index is -0.261. The lowest BCUT2D eigenvalue weighted by molar-refractivity contribution is -0.123. The van der Waals surface area contributed by atoms with Crippen LogP contribution in [0.3, 0.4) is 0 Å². The van der Waals surface area contributed by atoms with E-state index in [1.807, 2.05) is 30.4 Å². The van der Waals surface area contributed by atoms with Crippen molar-refractivity contribution >= 4 is 17.2 Å². The minimum absolute atomic E-state index is 0.00740. The number of benzene rings is 1. The number of nitrogens with one attached hydrogen (secondary N) is 3. The molecule has 0 radical (unpaired) electrons. The second kappa shape index (κ2) is 8.05. The van der Waals surface area contributed by atoms with E-state index in [2.05, 4.69) is 22.2 Å². The van der Waals surface area contributed by atoms with E-state index in [1.54, 1.807) is 23.5 Å². The monoisotopic (exact) mass is 362 g/mol. The lowest BCUT2D eigenvalue weighted by atomic mass is 10.1. The maximum absolute atomic E-state index is 13.1. The van der Waals surface area contributed by atoms with Crippen LogP contribution in [0.4, 0.5) is 4.39 Å². The molecule has 1 saturated heterocycles. The van der Waals surface area contributed by atoms with E-state index in [9.17, 15) is 9.18 Å². The fraction of sp³-hybridized carbons (Fsp3) is 0.389. The number of hydrogen-bond donors (Lipinski definition) is 3. The largest absolute Gasteiger partial charge is 0.353 e. The van der Waals surface area contributed by atoms with Crippen molar-refractivity contribution in [2.75, 3.05) is 20.6 Å². The van der Waals surface area contributed by atoms with Gasteiger partial charge in [0.2, 0.25) is 5.91 Å². The van der Waals surface area contributed by atoms with Crippen molar-refractivity contribution in [1.29, 1.82) is 0 Å². The Balaban J connectivity index is 1.56. The summed E-state index contributed by atoms with van der Waals surface area (Å²) in [5.74, 6) is -0.286. The van der Waals surface area contributed by atoms with Gasteiger partial charge in [-0.3, -0.25) is 4.79 Å². The Kier molecular flexibility index (Phi) is 5.80. The maximum Gasteiger partial charge on any atom is 0.238 e. The van der Waals surface area contributed by atoms with Crippen molar-refractivity contribution in [3.8, 4) is 0 Å². The number of amides is 1. The average molecular weight is 362 g/mol. The number of hydrazine groups is 1. The first-order chi connectivity index (χ1) is 12.0. The Morgan fingerprint density at radius 1 is 1.32 bits per heavy atom. The van der Waals surface area contributed by atoms with Gasteiger partial charge in [0.15, 0.2) is 0 Å². The number of thiophene rings is 1. The van der Waals surface area contributed by atoms with Gasteiger partial charge in [0.25, 0.3) is 0 Å². The first-order valence-corrected chi connectivity index (χ1v) is 9.16. The van der Waals surface area contributed by atoms with E-state index in [1.165, 1.54) is 17.0 Å². The number of hydrogen-bond acceptors (Lipinski definition) is 5. The van der Waals surface area contributed by atoms with E-state index in [0.717, 1.165) is 12.0 Å². The van der Waals surface area contributed by atoms with Gasteiger partial charge in [-0.2, -0.15) is 0 Å². The van der Waals surface area contributed by atoms with Crippen LogP contribution < -0.4 is 16.2 Å². The number of carbonyl (C=O) groups is 1. The van der Waals surface area contributed by atoms with Crippen LogP contribution in [0.5, 0.6) is 0 Å². The van der Waals surface area contributed by atoms with Crippen molar-refractivity contribution in [1.82, 2.24) is 21.1 Å². The van der Waals surface area contributed by atoms with Gasteiger partial charge in [0.1, 0.15) is 11.9 Å². The van der Waals surface area contributed by atoms with Crippen LogP contribution in [-0.4, -0.2) is 37.5 Å². The van der Waals surface area contributed by atoms with Crippen LogP contribution in [0.25, 0.3) is 0 Å². The highest BCUT2D eigenvalue weighted by Crippen LogP contribution is 2.26. The molecular weight excluding hydrogens is 339 g/mol. The van der Waals surface area contributed by atoms with Crippen LogP contribution in [0.1, 0.15) is 28.9 Å². The number of halogens is 1. The molecule has 3 rings (SSSR count). The summed E-state index contributed by atoms with van der Waals surface area (Å²) < 4.78 is 13.1. The second-order valence-corrected chi connectivity index (χ2v) is 7.40. The molecule has 5 nitrogen and oxygen atoms in total. The van der Waals surface area contributed by atoms with Crippen LogP contribution in [0.15, 0.2) is 41.8 Å². The fourth-order valence-electron chi connectivity index (χ4n) is 3.01. The Bertz CT molecular complexity index is 690. The molecule has 1 aromatic carbocycles. The van der Waals surface area contributed by atoms with Crippen LogP contribution in [0.2, 0.25) is 0 Å². The molecule has 25 heavy (non-hydrogen) atoms. The highest BCUT2D eigenvalue weighted by atomic mass is 32.1. The highest BCUT2D eigenvalue weighted by Gasteiger charge is 2.31. The third-order valence-corrected chi connectivity index (χ3v) is 5.44. The molecule has 1 amide bonds. The van der Waals surface area contributed by atoms with Gasteiger partial charge in [-0.25, -0.2) is 15.2 Å². The van der Waals surface area contributed by atoms with Crippen LogP contribution >= 0.6 is 11.3 Å². The first kappa shape index (κ1) is 18.0. The number of nitrogens with zero attached hydrogens (tertiary/aromatic N) is 1.